The first-order valence-corrected chi connectivity index (χ1v) is 13.3. The highest BCUT2D eigenvalue weighted by Crippen LogP contribution is 2.30. The van der Waals surface area contributed by atoms with E-state index in [0.29, 0.717) is 12.0 Å². The molecule has 10 heteroatoms. The quantitative estimate of drug-likeness (QED) is 0.395. The van der Waals surface area contributed by atoms with Crippen molar-refractivity contribution >= 4 is 23.6 Å². The first kappa shape index (κ1) is 32.9. The number of allylic oxidation sites excluding steroid dienone is 5. The zero-order chi connectivity index (χ0) is 30.1. The van der Waals surface area contributed by atoms with E-state index in [1.807, 2.05) is 33.8 Å². The Morgan fingerprint density at radius 2 is 1.62 bits per heavy atom. The van der Waals surface area contributed by atoms with Gasteiger partial charge in [0.1, 0.15) is 6.10 Å². The molecule has 0 aromatic carbocycles. The number of carbonyl (C=O) groups is 4. The third-order valence-corrected chi connectivity index (χ3v) is 7.29. The summed E-state index contributed by atoms with van der Waals surface area (Å²) >= 11 is 0. The fourth-order valence-electron chi connectivity index (χ4n) is 5.27. The Morgan fingerprint density at radius 1 is 0.950 bits per heavy atom. The summed E-state index contributed by atoms with van der Waals surface area (Å²) in [6, 6.07) is 0. The Hall–Kier alpha value is -3.34. The van der Waals surface area contributed by atoms with Crippen LogP contribution in [0.2, 0.25) is 0 Å². The molecule has 1 heterocycles. The Bertz CT molecular complexity index is 1130. The molecular formula is C30H42N2O8. The fourth-order valence-corrected chi connectivity index (χ4v) is 5.27. The minimum absolute atomic E-state index is 0.119. The molecule has 2 bridgehead atoms. The number of carbonyl (C=O) groups excluding carboxylic acids is 4. The van der Waals surface area contributed by atoms with Crippen LogP contribution in [0, 0.1) is 17.8 Å². The highest BCUT2D eigenvalue weighted by atomic mass is 16.6. The SMILES string of the molecule is COC1[C@@H](OC)C[C@H](C)[C@@H](OC)C2=CC(=O)C=C(NC(=O)/C(C)=C/C=C\C(C)C(OC(N)=O)/C(C)=C/[C@@H]1C)C2=O. The maximum absolute atomic E-state index is 13.4. The van der Waals surface area contributed by atoms with E-state index in [0.717, 1.165) is 11.6 Å². The molecule has 7 atom stereocenters. The molecule has 0 spiro atoms. The Labute approximate surface area is 236 Å². The first-order valence-electron chi connectivity index (χ1n) is 13.3. The zero-order valence-electron chi connectivity index (χ0n) is 24.6. The molecule has 0 saturated heterocycles. The molecule has 1 aliphatic carbocycles. The van der Waals surface area contributed by atoms with Gasteiger partial charge in [0.2, 0.25) is 5.78 Å². The van der Waals surface area contributed by atoms with Crippen LogP contribution >= 0.6 is 0 Å². The van der Waals surface area contributed by atoms with Crippen molar-refractivity contribution in [2.45, 2.75) is 65.5 Å². The average molecular weight is 559 g/mol. The maximum atomic E-state index is 13.4. The molecule has 1 aliphatic heterocycles. The van der Waals surface area contributed by atoms with Crippen LogP contribution in [0.4, 0.5) is 4.79 Å². The Balaban J connectivity index is 2.62. The van der Waals surface area contributed by atoms with Crippen LogP contribution in [0.25, 0.3) is 0 Å². The average Bonchev–Trinajstić information content (AvgIpc) is 2.88. The van der Waals surface area contributed by atoms with Crippen molar-refractivity contribution in [2.75, 3.05) is 21.3 Å². The minimum Gasteiger partial charge on any atom is -0.441 e. The first-order chi connectivity index (χ1) is 18.8. The number of hydrogen-bond acceptors (Lipinski definition) is 8. The highest BCUT2D eigenvalue weighted by Gasteiger charge is 2.36. The number of Topliss-reactive ketones (excluding diaryl/α,β-unsaturated/α-hetero) is 1. The van der Waals surface area contributed by atoms with E-state index in [-0.39, 0.29) is 29.0 Å². The van der Waals surface area contributed by atoms with Gasteiger partial charge in [0.05, 0.1) is 24.0 Å². The topological polar surface area (TPSA) is 143 Å². The second-order valence-corrected chi connectivity index (χ2v) is 10.4. The summed E-state index contributed by atoms with van der Waals surface area (Å²) in [5.41, 5.74) is 6.49. The predicted octanol–water partition coefficient (Wildman–Crippen LogP) is 3.33. The lowest BCUT2D eigenvalue weighted by Crippen LogP contribution is -2.40. The van der Waals surface area contributed by atoms with Crippen molar-refractivity contribution in [3.8, 4) is 0 Å². The molecule has 220 valence electrons. The van der Waals surface area contributed by atoms with Gasteiger partial charge in [0, 0.05) is 50.4 Å². The smallest absolute Gasteiger partial charge is 0.405 e. The number of hydrogen-bond donors (Lipinski definition) is 2. The summed E-state index contributed by atoms with van der Waals surface area (Å²) in [5.74, 6) is -2.19. The summed E-state index contributed by atoms with van der Waals surface area (Å²) < 4.78 is 22.9. The molecule has 2 amide bonds. The lowest BCUT2D eigenvalue weighted by Gasteiger charge is -2.34. The number of fused-ring (bicyclic) bond motifs is 2. The van der Waals surface area contributed by atoms with Gasteiger partial charge < -0.3 is 30.0 Å². The summed E-state index contributed by atoms with van der Waals surface area (Å²) in [4.78, 5) is 50.5. The molecule has 3 N–H and O–H groups in total. The third kappa shape index (κ3) is 8.33. The van der Waals surface area contributed by atoms with E-state index in [1.54, 1.807) is 39.4 Å². The van der Waals surface area contributed by atoms with Crippen molar-refractivity contribution in [3.05, 3.63) is 58.9 Å². The Morgan fingerprint density at radius 3 is 2.20 bits per heavy atom. The van der Waals surface area contributed by atoms with E-state index in [4.69, 9.17) is 24.7 Å². The molecule has 0 aromatic heterocycles. The number of nitrogens with two attached hydrogens (primary N) is 1. The van der Waals surface area contributed by atoms with Crippen molar-refractivity contribution in [2.24, 2.45) is 23.5 Å². The van der Waals surface area contributed by atoms with Crippen LogP contribution in [-0.2, 0) is 33.3 Å². The van der Waals surface area contributed by atoms with Gasteiger partial charge in [-0.3, -0.25) is 14.4 Å². The van der Waals surface area contributed by atoms with E-state index >= 15 is 0 Å². The van der Waals surface area contributed by atoms with Crippen molar-refractivity contribution in [1.29, 1.82) is 0 Å². The number of rotatable bonds is 4. The molecule has 0 radical (unpaired) electrons. The van der Waals surface area contributed by atoms with E-state index < -0.39 is 48.0 Å². The van der Waals surface area contributed by atoms with Gasteiger partial charge in [-0.15, -0.1) is 0 Å². The molecule has 0 aromatic rings. The fraction of sp³-hybridized carbons (Fsp3) is 0.533. The largest absolute Gasteiger partial charge is 0.441 e. The summed E-state index contributed by atoms with van der Waals surface area (Å²) in [6.45, 7) is 9.17. The van der Waals surface area contributed by atoms with Crippen molar-refractivity contribution in [1.82, 2.24) is 5.32 Å². The summed E-state index contributed by atoms with van der Waals surface area (Å²) in [5, 5.41) is 2.56. The van der Waals surface area contributed by atoms with E-state index in [2.05, 4.69) is 5.32 Å². The monoisotopic (exact) mass is 558 g/mol. The molecule has 0 saturated carbocycles. The summed E-state index contributed by atoms with van der Waals surface area (Å²) in [7, 11) is 4.64. The third-order valence-electron chi connectivity index (χ3n) is 7.29. The number of ether oxygens (including phenoxy) is 4. The molecular weight excluding hydrogens is 516 g/mol. The second kappa shape index (κ2) is 14.9. The molecule has 3 unspecified atom stereocenters. The predicted molar refractivity (Wildman–Crippen MR) is 150 cm³/mol. The lowest BCUT2D eigenvalue weighted by atomic mass is 9.83. The molecule has 10 nitrogen and oxygen atoms in total. The number of methoxy groups -OCH3 is 3. The normalized spacial score (nSPS) is 34.4. The van der Waals surface area contributed by atoms with Gasteiger partial charge in [-0.05, 0) is 37.8 Å². The number of amides is 2. The number of primary amides is 1. The van der Waals surface area contributed by atoms with E-state index in [9.17, 15) is 19.2 Å². The molecule has 2 aliphatic rings. The van der Waals surface area contributed by atoms with Crippen LogP contribution in [0.5, 0.6) is 0 Å². The summed E-state index contributed by atoms with van der Waals surface area (Å²) in [6.07, 6.45) is 6.65. The van der Waals surface area contributed by atoms with Crippen LogP contribution in [-0.4, -0.2) is 69.3 Å². The van der Waals surface area contributed by atoms with Crippen molar-refractivity contribution < 1.29 is 38.1 Å². The number of ketones is 2. The van der Waals surface area contributed by atoms with Crippen LogP contribution in [0.15, 0.2) is 58.9 Å². The number of nitrogens with one attached hydrogen (secondary N) is 1. The standard InChI is InChI=1S/C30H42N2O8/c1-16-10-9-11-17(2)29(35)32-23-15-21(33)14-22(25(23)34)27(38-7)20(5)13-24(37-6)28(39-8)19(4)12-18(3)26(16)40-30(31)36/h9-12,14-16,19-20,24,26-28H,13H2,1-8H3,(H2,31,36)(H,32,35)/b10-9-,17-11+,18-12+/t16?,19-,20-,24-,26?,27+,28?/m0/s1. The Kier molecular flexibility index (Phi) is 12.2. The van der Waals surface area contributed by atoms with Gasteiger partial charge in [0.25, 0.3) is 5.91 Å². The second-order valence-electron chi connectivity index (χ2n) is 10.4. The molecule has 40 heavy (non-hydrogen) atoms. The van der Waals surface area contributed by atoms with Gasteiger partial charge in [-0.1, -0.05) is 45.1 Å². The molecule has 2 rings (SSSR count). The van der Waals surface area contributed by atoms with Gasteiger partial charge >= 0.3 is 6.09 Å². The van der Waals surface area contributed by atoms with Crippen LogP contribution in [0.3, 0.4) is 0 Å². The maximum Gasteiger partial charge on any atom is 0.405 e. The minimum atomic E-state index is -0.902. The van der Waals surface area contributed by atoms with Gasteiger partial charge in [0.15, 0.2) is 5.78 Å². The zero-order valence-corrected chi connectivity index (χ0v) is 24.6. The lowest BCUT2D eigenvalue weighted by molar-refractivity contribution is -0.120. The van der Waals surface area contributed by atoms with Gasteiger partial charge in [-0.2, -0.15) is 0 Å². The molecule has 0 fully saturated rings. The van der Waals surface area contributed by atoms with Gasteiger partial charge in [-0.25, -0.2) is 4.79 Å². The van der Waals surface area contributed by atoms with Crippen molar-refractivity contribution in [3.63, 3.8) is 0 Å². The van der Waals surface area contributed by atoms with Crippen LogP contribution in [0.1, 0.15) is 41.0 Å². The van der Waals surface area contributed by atoms with E-state index in [1.165, 1.54) is 13.2 Å². The van der Waals surface area contributed by atoms with Crippen LogP contribution < -0.4 is 11.1 Å². The highest BCUT2D eigenvalue weighted by molar-refractivity contribution is 6.22.